The molecule has 512 valence electrons. The van der Waals surface area contributed by atoms with Crippen molar-refractivity contribution >= 4 is 47.8 Å². The Balaban J connectivity index is 1.15. The van der Waals surface area contributed by atoms with E-state index in [1.165, 1.54) is 82.3 Å². The van der Waals surface area contributed by atoms with Crippen LogP contribution in [0.25, 0.3) is 0 Å². The van der Waals surface area contributed by atoms with Crippen LogP contribution in [0.3, 0.4) is 0 Å². The average Bonchev–Trinajstić information content (AvgIpc) is 0.654. The van der Waals surface area contributed by atoms with E-state index in [1.807, 2.05) is 0 Å². The lowest BCUT2D eigenvalue weighted by atomic mass is 9.40. The molecule has 4 fully saturated rings. The van der Waals surface area contributed by atoms with Gasteiger partial charge in [0.25, 0.3) is 5.91 Å². The number of aliphatic hydroxyl groups is 5. The van der Waals surface area contributed by atoms with E-state index in [9.17, 15) is 59.1 Å². The molecule has 1 saturated heterocycles. The standard InChI is InChI=1S/C66H89N3O24/c1-38-46(34-64(81)58(91-56(77)42-23-15-12-16-24-42)66(82)63(9,55(76)53(75)51(38)62(64,7)8)47(72)33-48-65(66,37-88-48)92-40(3)71)89-57(78)54(52(41-21-13-11-14-22-41)69-60(80)93-61(4,5)6)90-50(74)36-87-45-27-18-17-26-44(45)86-35-49(73)68-43(39(2)70)25-19-20-28-67-59(79)85-32-31-84-30-29-83-10/h11-18,21-24,26-27,38,43,46-48,51-55,58,72,75-76,81-82H,19-20,25,28-37H2,1-10H3,(H,67,79)(H,68,73)(H,69,80)/t38-,43?,46?,47+,48-,51?,52+,53-,54-,55-,58-,63+,64-,65+,66-/m1/s1. The van der Waals surface area contributed by atoms with Gasteiger partial charge in [0.15, 0.2) is 47.8 Å². The van der Waals surface area contributed by atoms with Crippen molar-refractivity contribution in [3.05, 3.63) is 96.1 Å². The first-order valence-corrected chi connectivity index (χ1v) is 31.0. The third-order valence-corrected chi connectivity index (χ3v) is 18.3. The molecule has 4 aliphatic rings. The van der Waals surface area contributed by atoms with Crippen LogP contribution in [0.4, 0.5) is 9.59 Å². The Hall–Kier alpha value is -7.50. The molecule has 0 spiro atoms. The fourth-order valence-electron chi connectivity index (χ4n) is 13.4. The Morgan fingerprint density at radius 2 is 1.39 bits per heavy atom. The van der Waals surface area contributed by atoms with Crippen LogP contribution in [-0.4, -0.2) is 204 Å². The molecule has 8 N–H and O–H groups in total. The molecule has 27 nitrogen and oxygen atoms in total. The molecule has 1 aliphatic heterocycles. The first-order chi connectivity index (χ1) is 43.9. The molecule has 3 saturated carbocycles. The number of hydrogen-bond donors (Lipinski definition) is 8. The number of para-hydroxylation sites is 2. The number of methoxy groups -OCH3 is 1. The van der Waals surface area contributed by atoms with E-state index in [0.717, 1.165) is 6.92 Å². The number of esters is 4. The summed E-state index contributed by atoms with van der Waals surface area (Å²) >= 11 is 0. The number of ketones is 1. The van der Waals surface area contributed by atoms with Crippen molar-refractivity contribution in [2.45, 2.75) is 172 Å². The van der Waals surface area contributed by atoms with E-state index in [1.54, 1.807) is 65.1 Å². The summed E-state index contributed by atoms with van der Waals surface area (Å²) in [7, 11) is 1.54. The summed E-state index contributed by atoms with van der Waals surface area (Å²) in [6.45, 7) is 12.0. The molecule has 1 heterocycles. The zero-order valence-electron chi connectivity index (χ0n) is 54.1. The minimum absolute atomic E-state index is 0.0275. The Kier molecular flexibility index (Phi) is 24.1. The summed E-state index contributed by atoms with van der Waals surface area (Å²) in [5.74, 6) is -8.26. The van der Waals surface area contributed by atoms with Crippen LogP contribution < -0.4 is 25.4 Å². The number of rotatable bonds is 28. The van der Waals surface area contributed by atoms with Gasteiger partial charge in [0, 0.05) is 44.8 Å². The van der Waals surface area contributed by atoms with E-state index < -0.39 is 168 Å². The first kappa shape index (κ1) is 72.9. The zero-order chi connectivity index (χ0) is 68.3. The number of fused-ring (bicyclic) bond motifs is 5. The van der Waals surface area contributed by atoms with Gasteiger partial charge < -0.3 is 93.6 Å². The molecule has 0 radical (unpaired) electrons. The van der Waals surface area contributed by atoms with E-state index in [2.05, 4.69) is 16.0 Å². The summed E-state index contributed by atoms with van der Waals surface area (Å²) in [6, 6.07) is 18.7. The zero-order valence-corrected chi connectivity index (χ0v) is 54.1. The van der Waals surface area contributed by atoms with Crippen LogP contribution in [0, 0.1) is 22.7 Å². The third-order valence-electron chi connectivity index (χ3n) is 18.3. The molecule has 27 heteroatoms. The molecule has 3 aliphatic carbocycles. The molecule has 2 bridgehead atoms. The largest absolute Gasteiger partial charge is 0.480 e. The van der Waals surface area contributed by atoms with Crippen LogP contribution in [0.2, 0.25) is 0 Å². The van der Waals surface area contributed by atoms with Gasteiger partial charge in [-0.05, 0) is 82.7 Å². The summed E-state index contributed by atoms with van der Waals surface area (Å²) < 4.78 is 63.1. The highest BCUT2D eigenvalue weighted by molar-refractivity contribution is 5.90. The fraction of sp³-hybridized carbons (Fsp3) is 0.606. The Bertz CT molecular complexity index is 3090. The predicted octanol–water partition coefficient (Wildman–Crippen LogP) is 3.74. The van der Waals surface area contributed by atoms with Gasteiger partial charge in [-0.15, -0.1) is 0 Å². The van der Waals surface area contributed by atoms with Crippen LogP contribution in [0.1, 0.15) is 116 Å². The van der Waals surface area contributed by atoms with Gasteiger partial charge in [-0.2, -0.15) is 0 Å². The topological polar surface area (TPSA) is 375 Å². The van der Waals surface area contributed by atoms with Crippen molar-refractivity contribution in [1.29, 1.82) is 0 Å². The van der Waals surface area contributed by atoms with E-state index in [4.69, 9.17) is 52.1 Å². The van der Waals surface area contributed by atoms with Crippen molar-refractivity contribution in [2.75, 3.05) is 59.9 Å². The monoisotopic (exact) mass is 1310 g/mol. The maximum absolute atomic E-state index is 15.5. The third kappa shape index (κ3) is 16.0. The molecule has 93 heavy (non-hydrogen) atoms. The lowest BCUT2D eigenvalue weighted by Crippen LogP contribution is -2.92. The SMILES string of the molecule is COCCOCCOC(=O)NCCCCC(NC(=O)COc1ccccc1OCC(=O)O[C@@H](C(=O)OC1C[C@@]2(O)[C@@H](OC(=O)c3ccccc3)[C@@]3(O)[C@](C)([C@H](O)[C@H](O)C([C@@H]1C)C2(C)C)[C@@H](O)C[C@H]1OC[C@]13OC(C)=O)[C@@H](NC(=O)OC(C)(C)C)c1ccccc1)C(C)=O. The van der Waals surface area contributed by atoms with Crippen LogP contribution in [-0.2, 0) is 66.6 Å². The number of amides is 3. The van der Waals surface area contributed by atoms with Gasteiger partial charge in [-0.1, -0.05) is 88.4 Å². The minimum atomic E-state index is -3.05. The number of Topliss-reactive ketones (excluding diaryl/α,β-unsaturated/α-hetero) is 1. The molecular formula is C66H89N3O24. The summed E-state index contributed by atoms with van der Waals surface area (Å²) in [5, 5.41) is 73.6. The van der Waals surface area contributed by atoms with Gasteiger partial charge in [0.1, 0.15) is 36.1 Å². The second-order valence-corrected chi connectivity index (χ2v) is 25.7. The number of unbranched alkanes of at least 4 members (excludes halogenated alkanes) is 1. The Morgan fingerprint density at radius 1 is 0.763 bits per heavy atom. The van der Waals surface area contributed by atoms with E-state index >= 15 is 4.79 Å². The summed E-state index contributed by atoms with van der Waals surface area (Å²) in [6.07, 6.45) is -15.1. The molecule has 0 aromatic heterocycles. The van der Waals surface area contributed by atoms with Gasteiger partial charge in [0.2, 0.25) is 6.10 Å². The highest BCUT2D eigenvalue weighted by Crippen LogP contribution is 2.67. The van der Waals surface area contributed by atoms with Crippen molar-refractivity contribution in [3.8, 4) is 11.5 Å². The van der Waals surface area contributed by atoms with Crippen LogP contribution in [0.15, 0.2) is 84.9 Å². The Labute approximate surface area is 539 Å². The Morgan fingerprint density at radius 3 is 1.99 bits per heavy atom. The molecule has 15 atom stereocenters. The normalized spacial score (nSPS) is 28.5. The summed E-state index contributed by atoms with van der Waals surface area (Å²) in [5.41, 5.74) is -13.2. The average molecular weight is 1310 g/mol. The number of ether oxygens (including phenoxy) is 11. The van der Waals surface area contributed by atoms with Crippen molar-refractivity contribution in [2.24, 2.45) is 22.7 Å². The number of benzene rings is 3. The number of hydrogen-bond acceptors (Lipinski definition) is 24. The number of carbonyl (C=O) groups is 8. The van der Waals surface area contributed by atoms with Gasteiger partial charge in [-0.25, -0.2) is 24.0 Å². The fourth-order valence-corrected chi connectivity index (χ4v) is 13.4. The second kappa shape index (κ2) is 30.7. The van der Waals surface area contributed by atoms with Crippen molar-refractivity contribution in [3.63, 3.8) is 0 Å². The van der Waals surface area contributed by atoms with Crippen LogP contribution in [0.5, 0.6) is 11.5 Å². The highest BCUT2D eigenvalue weighted by Gasteiger charge is 2.86. The van der Waals surface area contributed by atoms with Crippen molar-refractivity contribution < 1.29 is 116 Å². The van der Waals surface area contributed by atoms with Crippen LogP contribution >= 0.6 is 0 Å². The number of nitrogens with one attached hydrogen (secondary N) is 3. The number of carbonyl (C=O) groups excluding carboxylic acids is 8. The lowest BCUT2D eigenvalue weighted by molar-refractivity contribution is -0.432. The molecule has 3 unspecified atom stereocenters. The molecule has 7 rings (SSSR count). The quantitative estimate of drug-likeness (QED) is 0.0291. The maximum atomic E-state index is 15.5. The first-order valence-electron chi connectivity index (χ1n) is 31.0. The maximum Gasteiger partial charge on any atom is 0.408 e. The van der Waals surface area contributed by atoms with Gasteiger partial charge in [0.05, 0.1) is 61.8 Å². The van der Waals surface area contributed by atoms with Gasteiger partial charge in [-0.3, -0.25) is 14.4 Å². The molecule has 3 aromatic rings. The smallest absolute Gasteiger partial charge is 0.408 e. The minimum Gasteiger partial charge on any atom is -0.480 e. The number of alkyl carbamates (subject to hydrolysis) is 2. The highest BCUT2D eigenvalue weighted by atomic mass is 16.7. The second-order valence-electron chi connectivity index (χ2n) is 25.7. The van der Waals surface area contributed by atoms with E-state index in [-0.39, 0.29) is 61.0 Å². The predicted molar refractivity (Wildman–Crippen MR) is 326 cm³/mol. The lowest BCUT2D eigenvalue weighted by Gasteiger charge is -2.73. The van der Waals surface area contributed by atoms with E-state index in [0.29, 0.717) is 26.1 Å². The summed E-state index contributed by atoms with van der Waals surface area (Å²) in [4.78, 5) is 109. The molecular weight excluding hydrogens is 1220 g/mol. The van der Waals surface area contributed by atoms with Gasteiger partial charge >= 0.3 is 36.1 Å². The number of aliphatic hydroxyl groups excluding tert-OH is 3. The molecule has 3 aromatic carbocycles. The van der Waals surface area contributed by atoms with Crippen molar-refractivity contribution in [1.82, 2.24) is 16.0 Å². The molecule has 3 amide bonds.